The SMILES string of the molecule is C[C@]1(O)c2ccccc2C(=O)N[C@H]1c1ccccc1. The summed E-state index contributed by atoms with van der Waals surface area (Å²) < 4.78 is 0. The van der Waals surface area contributed by atoms with Crippen LogP contribution in [-0.2, 0) is 5.60 Å². The lowest BCUT2D eigenvalue weighted by Crippen LogP contribution is -2.47. The number of hydrogen-bond acceptors (Lipinski definition) is 2. The fourth-order valence-corrected chi connectivity index (χ4v) is 2.68. The fraction of sp³-hybridized carbons (Fsp3) is 0.188. The van der Waals surface area contributed by atoms with Crippen molar-refractivity contribution in [3.05, 3.63) is 71.3 Å². The molecule has 3 rings (SSSR count). The van der Waals surface area contributed by atoms with Gasteiger partial charge in [0, 0.05) is 5.56 Å². The largest absolute Gasteiger partial charge is 0.383 e. The predicted molar refractivity (Wildman–Crippen MR) is 72.7 cm³/mol. The predicted octanol–water partition coefficient (Wildman–Crippen LogP) is 2.38. The Balaban J connectivity index is 2.14. The van der Waals surface area contributed by atoms with Crippen molar-refractivity contribution in [2.45, 2.75) is 18.6 Å². The van der Waals surface area contributed by atoms with E-state index in [9.17, 15) is 9.90 Å². The van der Waals surface area contributed by atoms with Crippen LogP contribution in [0.3, 0.4) is 0 Å². The van der Waals surface area contributed by atoms with E-state index in [0.717, 1.165) is 5.56 Å². The van der Waals surface area contributed by atoms with Crippen LogP contribution in [-0.4, -0.2) is 11.0 Å². The molecule has 0 aliphatic carbocycles. The van der Waals surface area contributed by atoms with Crippen LogP contribution in [0.1, 0.15) is 34.5 Å². The van der Waals surface area contributed by atoms with E-state index in [2.05, 4.69) is 5.32 Å². The van der Waals surface area contributed by atoms with Crippen molar-refractivity contribution < 1.29 is 9.90 Å². The summed E-state index contributed by atoms with van der Waals surface area (Å²) in [7, 11) is 0. The Morgan fingerprint density at radius 2 is 1.68 bits per heavy atom. The molecule has 2 atom stereocenters. The first-order valence-corrected chi connectivity index (χ1v) is 6.28. The molecule has 1 aliphatic rings. The van der Waals surface area contributed by atoms with Gasteiger partial charge in [0.25, 0.3) is 5.91 Å². The van der Waals surface area contributed by atoms with E-state index in [1.807, 2.05) is 42.5 Å². The second-order valence-corrected chi connectivity index (χ2v) is 5.01. The molecule has 0 unspecified atom stereocenters. The van der Waals surface area contributed by atoms with Crippen LogP contribution in [0.4, 0.5) is 0 Å². The Morgan fingerprint density at radius 1 is 1.05 bits per heavy atom. The number of rotatable bonds is 1. The Hall–Kier alpha value is -2.13. The minimum Gasteiger partial charge on any atom is -0.383 e. The van der Waals surface area contributed by atoms with Crippen LogP contribution in [0.2, 0.25) is 0 Å². The summed E-state index contributed by atoms with van der Waals surface area (Å²) in [6.45, 7) is 1.74. The van der Waals surface area contributed by atoms with Crippen LogP contribution in [0.25, 0.3) is 0 Å². The zero-order valence-electron chi connectivity index (χ0n) is 10.6. The quantitative estimate of drug-likeness (QED) is 0.819. The van der Waals surface area contributed by atoms with Crippen LogP contribution in [0.15, 0.2) is 54.6 Å². The van der Waals surface area contributed by atoms with Gasteiger partial charge in [-0.05, 0) is 24.1 Å². The maximum Gasteiger partial charge on any atom is 0.252 e. The van der Waals surface area contributed by atoms with Crippen LogP contribution in [0, 0.1) is 0 Å². The highest BCUT2D eigenvalue weighted by molar-refractivity contribution is 5.97. The molecule has 1 amide bonds. The monoisotopic (exact) mass is 253 g/mol. The standard InChI is InChI=1S/C16H15NO2/c1-16(19)13-10-6-5-9-12(13)15(18)17-14(16)11-7-3-2-4-8-11/h2-10,14,19H,1H3,(H,17,18)/t14-,16-/m0/s1. The van der Waals surface area contributed by atoms with Crippen molar-refractivity contribution in [1.29, 1.82) is 0 Å². The lowest BCUT2D eigenvalue weighted by molar-refractivity contribution is 0.00656. The van der Waals surface area contributed by atoms with Gasteiger partial charge >= 0.3 is 0 Å². The van der Waals surface area contributed by atoms with Crippen LogP contribution >= 0.6 is 0 Å². The van der Waals surface area contributed by atoms with E-state index in [0.29, 0.717) is 11.1 Å². The molecule has 19 heavy (non-hydrogen) atoms. The molecule has 0 saturated heterocycles. The third-order valence-corrected chi connectivity index (χ3v) is 3.69. The lowest BCUT2D eigenvalue weighted by atomic mass is 9.78. The van der Waals surface area contributed by atoms with Gasteiger partial charge in [-0.2, -0.15) is 0 Å². The van der Waals surface area contributed by atoms with Gasteiger partial charge in [0.2, 0.25) is 0 Å². The number of amides is 1. The molecule has 96 valence electrons. The summed E-state index contributed by atoms with van der Waals surface area (Å²) in [6.07, 6.45) is 0. The second-order valence-electron chi connectivity index (χ2n) is 5.01. The topological polar surface area (TPSA) is 49.3 Å². The van der Waals surface area contributed by atoms with Crippen LogP contribution < -0.4 is 5.32 Å². The maximum absolute atomic E-state index is 12.1. The molecule has 3 nitrogen and oxygen atoms in total. The Labute approximate surface area is 111 Å². The number of nitrogens with one attached hydrogen (secondary N) is 1. The molecule has 0 fully saturated rings. The molecular formula is C16H15NO2. The lowest BCUT2D eigenvalue weighted by Gasteiger charge is -2.39. The zero-order valence-corrected chi connectivity index (χ0v) is 10.6. The summed E-state index contributed by atoms with van der Waals surface area (Å²) in [5.41, 5.74) is 0.994. The van der Waals surface area contributed by atoms with E-state index < -0.39 is 11.6 Å². The number of benzene rings is 2. The van der Waals surface area contributed by atoms with Gasteiger partial charge in [0.15, 0.2) is 0 Å². The molecule has 2 aromatic rings. The van der Waals surface area contributed by atoms with Gasteiger partial charge in [-0.1, -0.05) is 48.5 Å². The van der Waals surface area contributed by atoms with Crippen molar-refractivity contribution in [1.82, 2.24) is 5.32 Å². The maximum atomic E-state index is 12.1. The Kier molecular flexibility index (Phi) is 2.64. The highest BCUT2D eigenvalue weighted by Crippen LogP contribution is 2.39. The highest BCUT2D eigenvalue weighted by atomic mass is 16.3. The third-order valence-electron chi connectivity index (χ3n) is 3.69. The second kappa shape index (κ2) is 4.21. The molecule has 1 heterocycles. The fourth-order valence-electron chi connectivity index (χ4n) is 2.68. The van der Waals surface area contributed by atoms with E-state index in [1.54, 1.807) is 19.1 Å². The molecule has 2 N–H and O–H groups in total. The first-order valence-electron chi connectivity index (χ1n) is 6.28. The van der Waals surface area contributed by atoms with Crippen molar-refractivity contribution in [3.63, 3.8) is 0 Å². The molecule has 2 aromatic carbocycles. The van der Waals surface area contributed by atoms with E-state index in [4.69, 9.17) is 0 Å². The number of carbonyl (C=O) groups is 1. The highest BCUT2D eigenvalue weighted by Gasteiger charge is 2.42. The van der Waals surface area contributed by atoms with Gasteiger partial charge in [-0.25, -0.2) is 0 Å². The van der Waals surface area contributed by atoms with E-state index in [-0.39, 0.29) is 5.91 Å². The molecule has 3 heteroatoms. The molecule has 0 aromatic heterocycles. The first kappa shape index (κ1) is 11.9. The molecule has 1 aliphatic heterocycles. The normalized spacial score (nSPS) is 25.6. The average molecular weight is 253 g/mol. The van der Waals surface area contributed by atoms with Crippen molar-refractivity contribution in [2.75, 3.05) is 0 Å². The Bertz CT molecular complexity index is 620. The summed E-state index contributed by atoms with van der Waals surface area (Å²) in [5.74, 6) is -0.143. The van der Waals surface area contributed by atoms with Crippen molar-refractivity contribution in [2.24, 2.45) is 0 Å². The van der Waals surface area contributed by atoms with Gasteiger partial charge in [-0.3, -0.25) is 4.79 Å². The van der Waals surface area contributed by atoms with Gasteiger partial charge in [-0.15, -0.1) is 0 Å². The van der Waals surface area contributed by atoms with E-state index in [1.165, 1.54) is 0 Å². The molecule has 0 spiro atoms. The Morgan fingerprint density at radius 3 is 2.42 bits per heavy atom. The van der Waals surface area contributed by atoms with Crippen molar-refractivity contribution >= 4 is 5.91 Å². The van der Waals surface area contributed by atoms with Crippen LogP contribution in [0.5, 0.6) is 0 Å². The number of fused-ring (bicyclic) bond motifs is 1. The number of carbonyl (C=O) groups excluding carboxylic acids is 1. The smallest absolute Gasteiger partial charge is 0.252 e. The average Bonchev–Trinajstić information content (AvgIpc) is 2.44. The molecular weight excluding hydrogens is 238 g/mol. The summed E-state index contributed by atoms with van der Waals surface area (Å²) in [4.78, 5) is 12.1. The molecule has 0 radical (unpaired) electrons. The van der Waals surface area contributed by atoms with Gasteiger partial charge < -0.3 is 10.4 Å². The van der Waals surface area contributed by atoms with Crippen molar-refractivity contribution in [3.8, 4) is 0 Å². The third kappa shape index (κ3) is 1.83. The minimum atomic E-state index is -1.12. The molecule has 0 bridgehead atoms. The van der Waals surface area contributed by atoms with Gasteiger partial charge in [0.05, 0.1) is 6.04 Å². The van der Waals surface area contributed by atoms with E-state index >= 15 is 0 Å². The zero-order chi connectivity index (χ0) is 13.5. The molecule has 0 saturated carbocycles. The van der Waals surface area contributed by atoms with Gasteiger partial charge in [0.1, 0.15) is 5.60 Å². The first-order chi connectivity index (χ1) is 9.10. The number of aliphatic hydroxyl groups is 1. The summed E-state index contributed by atoms with van der Waals surface area (Å²) in [5, 5.41) is 13.7. The summed E-state index contributed by atoms with van der Waals surface area (Å²) >= 11 is 0. The minimum absolute atomic E-state index is 0.143. The summed E-state index contributed by atoms with van der Waals surface area (Å²) in [6, 6.07) is 16.3. The number of hydrogen-bond donors (Lipinski definition) is 2.